The molecule has 1 unspecified atom stereocenters. The highest BCUT2D eigenvalue weighted by Crippen LogP contribution is 2.31. The van der Waals surface area contributed by atoms with Gasteiger partial charge in [-0.1, -0.05) is 18.2 Å². The summed E-state index contributed by atoms with van der Waals surface area (Å²) in [5, 5.41) is 2.77. The molecule has 25 heavy (non-hydrogen) atoms. The number of aryl methyl sites for hydroxylation is 1. The molecule has 2 aromatic rings. The van der Waals surface area contributed by atoms with Crippen LogP contribution >= 0.6 is 0 Å². The average molecular weight is 342 g/mol. The predicted molar refractivity (Wildman–Crippen MR) is 91.7 cm³/mol. The van der Waals surface area contributed by atoms with Crippen LogP contribution in [0.2, 0.25) is 0 Å². The third kappa shape index (κ3) is 3.96. The number of anilines is 1. The Morgan fingerprint density at radius 1 is 1.24 bits per heavy atom. The molecule has 2 amide bonds. The molecule has 1 N–H and O–H groups in total. The number of hydrogen-bond acceptors (Lipinski definition) is 3. The topological polar surface area (TPSA) is 58.6 Å². The summed E-state index contributed by atoms with van der Waals surface area (Å²) in [6.07, 6.45) is -0.921. The smallest absolute Gasteiger partial charge is 0.266 e. The van der Waals surface area contributed by atoms with Crippen molar-refractivity contribution in [3.63, 3.8) is 0 Å². The largest absolute Gasteiger partial charge is 0.478 e. The third-order valence-corrected chi connectivity index (χ3v) is 4.07. The fourth-order valence-corrected chi connectivity index (χ4v) is 2.66. The molecule has 0 aromatic heterocycles. The number of amides is 2. The second-order valence-electron chi connectivity index (χ2n) is 6.18. The summed E-state index contributed by atoms with van der Waals surface area (Å²) < 4.78 is 18.6. The normalized spacial score (nSPS) is 15.8. The molecule has 2 aromatic carbocycles. The first-order valence-electron chi connectivity index (χ1n) is 7.99. The van der Waals surface area contributed by atoms with Gasteiger partial charge >= 0.3 is 0 Å². The van der Waals surface area contributed by atoms with Gasteiger partial charge in [-0.3, -0.25) is 9.59 Å². The maximum Gasteiger partial charge on any atom is 0.266 e. The van der Waals surface area contributed by atoms with Crippen LogP contribution in [0.5, 0.6) is 5.75 Å². The van der Waals surface area contributed by atoms with Gasteiger partial charge in [0, 0.05) is 13.6 Å². The molecule has 5 nitrogen and oxygen atoms in total. The molecule has 1 atom stereocenters. The Hall–Kier alpha value is -2.89. The Morgan fingerprint density at radius 3 is 2.68 bits per heavy atom. The molecule has 1 aliphatic heterocycles. The third-order valence-electron chi connectivity index (χ3n) is 4.07. The van der Waals surface area contributed by atoms with Gasteiger partial charge in [0.15, 0.2) is 6.10 Å². The van der Waals surface area contributed by atoms with Gasteiger partial charge in [-0.15, -0.1) is 0 Å². The van der Waals surface area contributed by atoms with E-state index < -0.39 is 6.10 Å². The lowest BCUT2D eigenvalue weighted by molar-refractivity contribution is -0.136. The Morgan fingerprint density at radius 2 is 1.96 bits per heavy atom. The van der Waals surface area contributed by atoms with E-state index in [1.807, 2.05) is 19.1 Å². The molecule has 3 rings (SSSR count). The van der Waals surface area contributed by atoms with E-state index in [1.165, 1.54) is 17.0 Å². The maximum atomic E-state index is 12.9. The van der Waals surface area contributed by atoms with Gasteiger partial charge < -0.3 is 15.0 Å². The number of nitrogens with one attached hydrogen (secondary N) is 1. The van der Waals surface area contributed by atoms with Crippen molar-refractivity contribution < 1.29 is 18.7 Å². The highest BCUT2D eigenvalue weighted by atomic mass is 19.1. The monoisotopic (exact) mass is 342 g/mol. The zero-order valence-corrected chi connectivity index (χ0v) is 14.1. The Bertz CT molecular complexity index is 805. The maximum absolute atomic E-state index is 12.9. The van der Waals surface area contributed by atoms with Crippen LogP contribution in [0.25, 0.3) is 0 Å². The molecule has 1 aliphatic rings. The molecule has 0 saturated carbocycles. The number of halogens is 1. The number of carbonyl (C=O) groups is 2. The molecule has 1 heterocycles. The van der Waals surface area contributed by atoms with Crippen molar-refractivity contribution in [1.82, 2.24) is 4.90 Å². The molecule has 6 heteroatoms. The summed E-state index contributed by atoms with van der Waals surface area (Å²) in [7, 11) is 1.64. The van der Waals surface area contributed by atoms with Crippen molar-refractivity contribution in [3.05, 3.63) is 59.4 Å². The van der Waals surface area contributed by atoms with E-state index in [2.05, 4.69) is 5.32 Å². The number of fused-ring (bicyclic) bond motifs is 1. The predicted octanol–water partition coefficient (Wildman–Crippen LogP) is 2.88. The van der Waals surface area contributed by atoms with Crippen LogP contribution in [0.3, 0.4) is 0 Å². The summed E-state index contributed by atoms with van der Waals surface area (Å²) >= 11 is 0. The van der Waals surface area contributed by atoms with E-state index in [4.69, 9.17) is 4.74 Å². The van der Waals surface area contributed by atoms with Crippen LogP contribution in [0.4, 0.5) is 10.1 Å². The standard InChI is InChI=1S/C19H19FN2O3/c1-12-3-8-16-15(9-12)21-19(24)17(25-16)10-18(23)22(2)11-13-4-6-14(20)7-5-13/h3-9,17H,10-11H2,1-2H3,(H,21,24). The first kappa shape index (κ1) is 17.0. The van der Waals surface area contributed by atoms with Crippen LogP contribution in [-0.4, -0.2) is 29.9 Å². The van der Waals surface area contributed by atoms with Gasteiger partial charge in [0.1, 0.15) is 11.6 Å². The summed E-state index contributed by atoms with van der Waals surface area (Å²) in [6.45, 7) is 2.26. The van der Waals surface area contributed by atoms with Crippen LogP contribution < -0.4 is 10.1 Å². The summed E-state index contributed by atoms with van der Waals surface area (Å²) in [5.41, 5.74) is 2.44. The van der Waals surface area contributed by atoms with Gasteiger partial charge in [0.2, 0.25) is 5.91 Å². The Kier molecular flexibility index (Phi) is 4.70. The van der Waals surface area contributed by atoms with Crippen molar-refractivity contribution >= 4 is 17.5 Å². The van der Waals surface area contributed by atoms with E-state index in [1.54, 1.807) is 25.2 Å². The highest BCUT2D eigenvalue weighted by molar-refractivity contribution is 6.00. The fraction of sp³-hybridized carbons (Fsp3) is 0.263. The van der Waals surface area contributed by atoms with E-state index in [-0.39, 0.29) is 24.1 Å². The molecular formula is C19H19FN2O3. The number of carbonyl (C=O) groups excluding carboxylic acids is 2. The lowest BCUT2D eigenvalue weighted by Gasteiger charge is -2.27. The Balaban J connectivity index is 1.63. The van der Waals surface area contributed by atoms with Gasteiger partial charge in [0.25, 0.3) is 5.91 Å². The number of rotatable bonds is 4. The second-order valence-corrected chi connectivity index (χ2v) is 6.18. The molecule has 0 saturated heterocycles. The van der Waals surface area contributed by atoms with E-state index >= 15 is 0 Å². The van der Waals surface area contributed by atoms with Gasteiger partial charge in [0.05, 0.1) is 12.1 Å². The van der Waals surface area contributed by atoms with Crippen molar-refractivity contribution in [3.8, 4) is 5.75 Å². The minimum atomic E-state index is -0.863. The number of benzene rings is 2. The lowest BCUT2D eigenvalue weighted by Crippen LogP contribution is -2.41. The summed E-state index contributed by atoms with van der Waals surface area (Å²) in [5.74, 6) is -0.315. The van der Waals surface area contributed by atoms with Gasteiger partial charge in [-0.25, -0.2) is 4.39 Å². The van der Waals surface area contributed by atoms with Crippen molar-refractivity contribution in [2.75, 3.05) is 12.4 Å². The molecule has 130 valence electrons. The molecule has 0 fully saturated rings. The van der Waals surface area contributed by atoms with Gasteiger partial charge in [-0.05, 0) is 42.3 Å². The fourth-order valence-electron chi connectivity index (χ4n) is 2.66. The number of hydrogen-bond donors (Lipinski definition) is 1. The van der Waals surface area contributed by atoms with Crippen molar-refractivity contribution in [2.24, 2.45) is 0 Å². The van der Waals surface area contributed by atoms with Crippen LogP contribution in [0, 0.1) is 12.7 Å². The lowest BCUT2D eigenvalue weighted by atomic mass is 10.1. The molecule has 0 spiro atoms. The first-order valence-corrected chi connectivity index (χ1v) is 7.99. The van der Waals surface area contributed by atoms with Crippen LogP contribution in [-0.2, 0) is 16.1 Å². The quantitative estimate of drug-likeness (QED) is 0.929. The van der Waals surface area contributed by atoms with Crippen LogP contribution in [0.1, 0.15) is 17.5 Å². The zero-order chi connectivity index (χ0) is 18.0. The molecule has 0 bridgehead atoms. The van der Waals surface area contributed by atoms with Crippen LogP contribution in [0.15, 0.2) is 42.5 Å². The Labute approximate surface area is 145 Å². The minimum absolute atomic E-state index is 0.0587. The number of ether oxygens (including phenoxy) is 1. The molecule has 0 radical (unpaired) electrons. The van der Waals surface area contributed by atoms with Crippen molar-refractivity contribution in [2.45, 2.75) is 26.0 Å². The molecule has 0 aliphatic carbocycles. The number of nitrogens with zero attached hydrogens (tertiary/aromatic N) is 1. The summed E-state index contributed by atoms with van der Waals surface area (Å²) in [4.78, 5) is 26.1. The van der Waals surface area contributed by atoms with Gasteiger partial charge in [-0.2, -0.15) is 0 Å². The average Bonchev–Trinajstić information content (AvgIpc) is 2.57. The molecular weight excluding hydrogens is 323 g/mol. The van der Waals surface area contributed by atoms with E-state index in [9.17, 15) is 14.0 Å². The summed E-state index contributed by atoms with van der Waals surface area (Å²) in [6, 6.07) is 11.4. The second kappa shape index (κ2) is 6.93. The zero-order valence-electron chi connectivity index (χ0n) is 14.1. The first-order chi connectivity index (χ1) is 11.9. The van der Waals surface area contributed by atoms with E-state index in [0.29, 0.717) is 18.0 Å². The highest BCUT2D eigenvalue weighted by Gasteiger charge is 2.30. The van der Waals surface area contributed by atoms with Crippen molar-refractivity contribution in [1.29, 1.82) is 0 Å². The van der Waals surface area contributed by atoms with E-state index in [0.717, 1.165) is 11.1 Å². The minimum Gasteiger partial charge on any atom is -0.478 e. The SMILES string of the molecule is Cc1ccc2c(c1)NC(=O)C(CC(=O)N(C)Cc1ccc(F)cc1)O2.